The Morgan fingerprint density at radius 1 is 1.11 bits per heavy atom. The maximum absolute atomic E-state index is 14.7. The molecule has 1 aliphatic carbocycles. The Balaban J connectivity index is 2.94. The average molecular weight is 527 g/mol. The Kier molecular flexibility index (Phi) is 10.5. The number of ketones is 2. The first-order valence-electron chi connectivity index (χ1n) is 13.8. The fraction of sp³-hybridized carbons (Fsp3) is 0.594. The lowest BCUT2D eigenvalue weighted by Crippen LogP contribution is -2.48. The molecule has 38 heavy (non-hydrogen) atoms. The van der Waals surface area contributed by atoms with Gasteiger partial charge in [0, 0.05) is 11.5 Å². The van der Waals surface area contributed by atoms with Crippen LogP contribution in [0.2, 0.25) is 0 Å². The van der Waals surface area contributed by atoms with Gasteiger partial charge >= 0.3 is 5.97 Å². The Hall–Kier alpha value is -2.89. The molecule has 0 aromatic heterocycles. The minimum atomic E-state index is -1.26. The number of aliphatic hydroxyl groups is 1. The molecule has 2 rings (SSSR count). The van der Waals surface area contributed by atoms with Gasteiger partial charge in [0.25, 0.3) is 0 Å². The maximum Gasteiger partial charge on any atom is 0.303 e. The minimum Gasteiger partial charge on any atom is -0.507 e. The number of aliphatic carboxylic acids is 1. The van der Waals surface area contributed by atoms with Gasteiger partial charge in [0.2, 0.25) is 0 Å². The normalized spacial score (nSPS) is 24.8. The van der Waals surface area contributed by atoms with Crippen LogP contribution in [0.1, 0.15) is 93.9 Å². The van der Waals surface area contributed by atoms with Crippen molar-refractivity contribution in [3.8, 4) is 0 Å². The summed E-state index contributed by atoms with van der Waals surface area (Å²) < 4.78 is 6.39. The molecule has 5 atom stereocenters. The molecule has 0 spiro atoms. The van der Waals surface area contributed by atoms with Gasteiger partial charge in [-0.25, -0.2) is 0 Å². The topological polar surface area (TPSA) is 101 Å². The van der Waals surface area contributed by atoms with Crippen LogP contribution in [0, 0.1) is 23.2 Å². The van der Waals surface area contributed by atoms with Gasteiger partial charge in [-0.15, -0.1) is 0 Å². The third-order valence-corrected chi connectivity index (χ3v) is 7.93. The van der Waals surface area contributed by atoms with Crippen molar-refractivity contribution in [3.05, 3.63) is 58.1 Å². The number of ether oxygens (including phenoxy) is 1. The van der Waals surface area contributed by atoms with Gasteiger partial charge in [0.15, 0.2) is 11.6 Å². The molecule has 0 bridgehead atoms. The number of hydrogen-bond acceptors (Lipinski definition) is 5. The minimum absolute atomic E-state index is 0.0431. The van der Waals surface area contributed by atoms with Crippen molar-refractivity contribution in [3.63, 3.8) is 0 Å². The lowest BCUT2D eigenvalue weighted by atomic mass is 9.61. The maximum atomic E-state index is 14.7. The van der Waals surface area contributed by atoms with Crippen molar-refractivity contribution in [2.75, 3.05) is 0 Å². The van der Waals surface area contributed by atoms with E-state index in [1.165, 1.54) is 0 Å². The zero-order chi connectivity index (χ0) is 28.9. The summed E-state index contributed by atoms with van der Waals surface area (Å²) in [4.78, 5) is 40.2. The van der Waals surface area contributed by atoms with Gasteiger partial charge in [0.1, 0.15) is 17.6 Å². The summed E-state index contributed by atoms with van der Waals surface area (Å²) >= 11 is 0. The molecule has 0 saturated heterocycles. The fourth-order valence-electron chi connectivity index (χ4n) is 5.46. The summed E-state index contributed by atoms with van der Waals surface area (Å²) in [5.41, 5.74) is 1.90. The second kappa shape index (κ2) is 12.8. The number of carbonyl (C=O) groups excluding carboxylic acids is 2. The molecule has 0 fully saturated rings. The van der Waals surface area contributed by atoms with Crippen LogP contribution in [-0.2, 0) is 19.1 Å². The van der Waals surface area contributed by atoms with Gasteiger partial charge in [-0.05, 0) is 73.1 Å². The number of aliphatic hydroxyl groups excluding tert-OH is 1. The first-order valence-corrected chi connectivity index (χ1v) is 13.8. The summed E-state index contributed by atoms with van der Waals surface area (Å²) in [6.07, 6.45) is 5.64. The van der Waals surface area contributed by atoms with E-state index in [9.17, 15) is 24.6 Å². The summed E-state index contributed by atoms with van der Waals surface area (Å²) in [5.74, 6) is -3.17. The molecule has 6 heteroatoms. The standard InChI is InChI=1S/C32H46O6/c1-10-11-23(16-25(33)34)26-29(36)27-28(35)21(8)22(9)38-31(27)32(30(26)37,15-14-19(4)5)17-24(20(6)7)13-12-18(2)3/h12,14,21-24,36H,6,10-11,13,15-17H2,1-5,7-9H3,(H,33,34)/t21-,22-,23+,24-,32+/m1/s1. The van der Waals surface area contributed by atoms with Crippen molar-refractivity contribution >= 4 is 17.5 Å². The van der Waals surface area contributed by atoms with Crippen LogP contribution in [0.5, 0.6) is 0 Å². The van der Waals surface area contributed by atoms with Crippen molar-refractivity contribution in [1.82, 2.24) is 0 Å². The SMILES string of the molecule is C=C(C)[C@H](CC=C(C)C)C[C@@]1(CC=C(C)C)C(=O)C([C@@H](CCC)CC(=O)O)=C(O)C2=C1O[C@H](C)[C@@H](C)C2=O. The van der Waals surface area contributed by atoms with Gasteiger partial charge in [0.05, 0.1) is 23.3 Å². The summed E-state index contributed by atoms with van der Waals surface area (Å²) in [7, 11) is 0. The van der Waals surface area contributed by atoms with Gasteiger partial charge in [-0.1, -0.05) is 55.7 Å². The quantitative estimate of drug-likeness (QED) is 0.256. The summed E-state index contributed by atoms with van der Waals surface area (Å²) in [5, 5.41) is 21.2. The van der Waals surface area contributed by atoms with Crippen LogP contribution in [0.15, 0.2) is 58.1 Å². The predicted octanol–water partition coefficient (Wildman–Crippen LogP) is 7.43. The highest BCUT2D eigenvalue weighted by Gasteiger charge is 2.56. The van der Waals surface area contributed by atoms with E-state index >= 15 is 0 Å². The molecule has 0 saturated carbocycles. The first kappa shape index (κ1) is 31.3. The van der Waals surface area contributed by atoms with E-state index < -0.39 is 35.1 Å². The first-order chi connectivity index (χ1) is 17.7. The van der Waals surface area contributed by atoms with E-state index in [0.29, 0.717) is 25.7 Å². The highest BCUT2D eigenvalue weighted by atomic mass is 16.5. The van der Waals surface area contributed by atoms with E-state index in [-0.39, 0.29) is 47.2 Å². The number of carbonyl (C=O) groups is 3. The Morgan fingerprint density at radius 3 is 2.21 bits per heavy atom. The van der Waals surface area contributed by atoms with E-state index in [1.54, 1.807) is 6.92 Å². The van der Waals surface area contributed by atoms with E-state index in [2.05, 4.69) is 12.7 Å². The molecule has 2 N–H and O–H groups in total. The molecular formula is C32H46O6. The van der Waals surface area contributed by atoms with Gasteiger partial charge < -0.3 is 14.9 Å². The molecule has 0 aromatic carbocycles. The Bertz CT molecular complexity index is 1090. The lowest BCUT2D eigenvalue weighted by Gasteiger charge is -2.45. The summed E-state index contributed by atoms with van der Waals surface area (Å²) in [6.45, 7) is 19.6. The molecule has 0 unspecified atom stereocenters. The number of rotatable bonds is 12. The van der Waals surface area contributed by atoms with Crippen LogP contribution in [-0.4, -0.2) is 33.9 Å². The molecule has 0 aromatic rings. The molecule has 0 amide bonds. The largest absolute Gasteiger partial charge is 0.507 e. The molecule has 6 nitrogen and oxygen atoms in total. The Morgan fingerprint density at radius 2 is 1.71 bits per heavy atom. The van der Waals surface area contributed by atoms with Crippen LogP contribution in [0.4, 0.5) is 0 Å². The molecule has 1 aliphatic heterocycles. The predicted molar refractivity (Wildman–Crippen MR) is 151 cm³/mol. The summed E-state index contributed by atoms with van der Waals surface area (Å²) in [6, 6.07) is 0. The third-order valence-electron chi connectivity index (χ3n) is 7.93. The van der Waals surface area contributed by atoms with Gasteiger partial charge in [-0.2, -0.15) is 0 Å². The molecule has 210 valence electrons. The lowest BCUT2D eigenvalue weighted by molar-refractivity contribution is -0.138. The van der Waals surface area contributed by atoms with Crippen molar-refractivity contribution in [1.29, 1.82) is 0 Å². The highest BCUT2D eigenvalue weighted by Crippen LogP contribution is 2.54. The highest BCUT2D eigenvalue weighted by molar-refractivity contribution is 6.12. The molecule has 1 heterocycles. The number of Topliss-reactive ketones (excluding diaryl/α,β-unsaturated/α-hetero) is 2. The Labute approximate surface area is 228 Å². The van der Waals surface area contributed by atoms with E-state index in [4.69, 9.17) is 4.74 Å². The van der Waals surface area contributed by atoms with Crippen LogP contribution in [0.3, 0.4) is 0 Å². The number of allylic oxidation sites excluding steroid dienone is 8. The second-order valence-electron chi connectivity index (χ2n) is 11.7. The number of carboxylic acid groups (broad SMARTS) is 1. The van der Waals surface area contributed by atoms with E-state index in [1.807, 2.05) is 54.5 Å². The van der Waals surface area contributed by atoms with Crippen molar-refractivity contribution in [2.24, 2.45) is 23.2 Å². The fourth-order valence-corrected chi connectivity index (χ4v) is 5.46. The molecule has 2 aliphatic rings. The zero-order valence-electron chi connectivity index (χ0n) is 24.4. The molecular weight excluding hydrogens is 480 g/mol. The molecule has 0 radical (unpaired) electrons. The van der Waals surface area contributed by atoms with Gasteiger partial charge in [-0.3, -0.25) is 14.4 Å². The van der Waals surface area contributed by atoms with Crippen molar-refractivity contribution in [2.45, 2.75) is 100 Å². The third kappa shape index (κ3) is 6.57. The van der Waals surface area contributed by atoms with Crippen LogP contribution < -0.4 is 0 Å². The van der Waals surface area contributed by atoms with Crippen LogP contribution in [0.25, 0.3) is 0 Å². The van der Waals surface area contributed by atoms with Crippen molar-refractivity contribution < 1.29 is 29.3 Å². The monoisotopic (exact) mass is 526 g/mol. The van der Waals surface area contributed by atoms with E-state index in [0.717, 1.165) is 16.7 Å². The number of hydrogen-bond donors (Lipinski definition) is 2. The average Bonchev–Trinajstić information content (AvgIpc) is 2.80. The second-order valence-corrected chi connectivity index (χ2v) is 11.7. The zero-order valence-corrected chi connectivity index (χ0v) is 24.4. The van der Waals surface area contributed by atoms with Crippen LogP contribution >= 0.6 is 0 Å². The smallest absolute Gasteiger partial charge is 0.303 e. The number of carboxylic acids is 1.